The van der Waals surface area contributed by atoms with Gasteiger partial charge in [0.1, 0.15) is 30.5 Å². The van der Waals surface area contributed by atoms with Crippen molar-refractivity contribution >= 4 is 0 Å². The van der Waals surface area contributed by atoms with Gasteiger partial charge in [-0.05, 0) is 0 Å². The topological polar surface area (TPSA) is 131 Å². The summed E-state index contributed by atoms with van der Waals surface area (Å²) in [7, 11) is 0. The smallest absolute Gasteiger partial charge is 0.184 e. The van der Waals surface area contributed by atoms with E-state index in [-0.39, 0.29) is 0 Å². The summed E-state index contributed by atoms with van der Waals surface area (Å²) in [5, 5.41) is 54.1. The standard InChI is InChI=1S/C7H14O7/c8-1-2(9)3(10)6-4(11)5(12)7(13)14-6/h2-13H,1H2/t2-,3+,4+,5+,6+,7?/m0/s1. The van der Waals surface area contributed by atoms with E-state index >= 15 is 0 Å². The molecule has 0 aromatic carbocycles. The SMILES string of the molecule is OC[C@H](O)[C@@H](O)[C@H]1OC(O)[C@H](O)[C@H]1O. The van der Waals surface area contributed by atoms with Gasteiger partial charge in [-0.2, -0.15) is 0 Å². The van der Waals surface area contributed by atoms with Gasteiger partial charge in [0.05, 0.1) is 6.61 Å². The Kier molecular flexibility index (Phi) is 3.78. The van der Waals surface area contributed by atoms with Crippen molar-refractivity contribution in [1.29, 1.82) is 0 Å². The van der Waals surface area contributed by atoms with Gasteiger partial charge in [-0.3, -0.25) is 0 Å². The molecule has 1 rings (SSSR count). The normalized spacial score (nSPS) is 42.4. The maximum absolute atomic E-state index is 9.31. The average Bonchev–Trinajstić information content (AvgIpc) is 2.43. The number of hydrogen-bond acceptors (Lipinski definition) is 7. The molecular weight excluding hydrogens is 196 g/mol. The Morgan fingerprint density at radius 3 is 2.00 bits per heavy atom. The third-order valence-electron chi connectivity index (χ3n) is 2.19. The minimum Gasteiger partial charge on any atom is -0.394 e. The fourth-order valence-corrected chi connectivity index (χ4v) is 1.29. The number of hydrogen-bond donors (Lipinski definition) is 6. The highest BCUT2D eigenvalue weighted by atomic mass is 16.6. The number of rotatable bonds is 3. The van der Waals surface area contributed by atoms with Gasteiger partial charge >= 0.3 is 0 Å². The Morgan fingerprint density at radius 2 is 1.64 bits per heavy atom. The molecule has 0 bridgehead atoms. The second-order valence-electron chi connectivity index (χ2n) is 3.21. The van der Waals surface area contributed by atoms with E-state index in [2.05, 4.69) is 4.74 Å². The van der Waals surface area contributed by atoms with Gasteiger partial charge in [-0.15, -0.1) is 0 Å². The lowest BCUT2D eigenvalue weighted by Crippen LogP contribution is -2.46. The molecule has 0 radical (unpaired) electrons. The molecule has 0 saturated carbocycles. The lowest BCUT2D eigenvalue weighted by atomic mass is 10.0. The van der Waals surface area contributed by atoms with E-state index in [1.54, 1.807) is 0 Å². The highest BCUT2D eigenvalue weighted by molar-refractivity contribution is 4.92. The highest BCUT2D eigenvalue weighted by Gasteiger charge is 2.46. The first kappa shape index (κ1) is 11.8. The molecule has 0 amide bonds. The van der Waals surface area contributed by atoms with Gasteiger partial charge in [-0.1, -0.05) is 0 Å². The summed E-state index contributed by atoms with van der Waals surface area (Å²) in [6.45, 7) is -0.708. The van der Waals surface area contributed by atoms with Gasteiger partial charge in [0.15, 0.2) is 6.29 Å². The number of ether oxygens (including phenoxy) is 1. The molecule has 1 heterocycles. The molecule has 7 heteroatoms. The average molecular weight is 210 g/mol. The van der Waals surface area contributed by atoms with Gasteiger partial charge < -0.3 is 35.4 Å². The van der Waals surface area contributed by atoms with Crippen LogP contribution in [0.1, 0.15) is 0 Å². The minimum absolute atomic E-state index is 0.708. The molecular formula is C7H14O7. The summed E-state index contributed by atoms with van der Waals surface area (Å²) < 4.78 is 4.61. The van der Waals surface area contributed by atoms with Crippen LogP contribution >= 0.6 is 0 Å². The van der Waals surface area contributed by atoms with Crippen molar-refractivity contribution in [3.8, 4) is 0 Å². The van der Waals surface area contributed by atoms with Crippen LogP contribution in [0, 0.1) is 0 Å². The van der Waals surface area contributed by atoms with Gasteiger partial charge in [0.25, 0.3) is 0 Å². The van der Waals surface area contributed by atoms with E-state index in [4.69, 9.17) is 20.4 Å². The molecule has 0 aliphatic carbocycles. The molecule has 0 aromatic rings. The molecule has 6 N–H and O–H groups in total. The molecule has 1 aliphatic rings. The fourth-order valence-electron chi connectivity index (χ4n) is 1.29. The molecule has 0 aromatic heterocycles. The first-order chi connectivity index (χ1) is 6.49. The molecule has 14 heavy (non-hydrogen) atoms. The quantitative estimate of drug-likeness (QED) is 0.281. The molecule has 7 nitrogen and oxygen atoms in total. The zero-order valence-corrected chi connectivity index (χ0v) is 7.26. The monoisotopic (exact) mass is 210 g/mol. The van der Waals surface area contributed by atoms with Crippen LogP contribution in [-0.2, 0) is 4.74 Å². The molecule has 6 atom stereocenters. The van der Waals surface area contributed by atoms with Crippen molar-refractivity contribution in [2.45, 2.75) is 36.8 Å². The summed E-state index contributed by atoms with van der Waals surface area (Å²) in [4.78, 5) is 0. The van der Waals surface area contributed by atoms with Crippen LogP contribution in [0.2, 0.25) is 0 Å². The summed E-state index contributed by atoms with van der Waals surface area (Å²) in [6.07, 6.45) is -9.01. The number of aliphatic hydroxyl groups is 6. The second-order valence-corrected chi connectivity index (χ2v) is 3.21. The third kappa shape index (κ3) is 2.04. The van der Waals surface area contributed by atoms with Gasteiger partial charge in [-0.25, -0.2) is 0 Å². The van der Waals surface area contributed by atoms with Crippen molar-refractivity contribution in [3.63, 3.8) is 0 Å². The summed E-state index contributed by atoms with van der Waals surface area (Å²) >= 11 is 0. The van der Waals surface area contributed by atoms with Crippen molar-refractivity contribution in [2.75, 3.05) is 6.61 Å². The predicted molar refractivity (Wildman–Crippen MR) is 42.0 cm³/mol. The highest BCUT2D eigenvalue weighted by Crippen LogP contribution is 2.23. The Labute approximate surface area is 79.8 Å². The largest absolute Gasteiger partial charge is 0.394 e. The van der Waals surface area contributed by atoms with E-state index < -0.39 is 43.4 Å². The van der Waals surface area contributed by atoms with Gasteiger partial charge in [0.2, 0.25) is 0 Å². The van der Waals surface area contributed by atoms with Crippen molar-refractivity contribution < 1.29 is 35.4 Å². The Balaban J connectivity index is 2.61. The van der Waals surface area contributed by atoms with Crippen LogP contribution < -0.4 is 0 Å². The molecule has 1 unspecified atom stereocenters. The molecule has 84 valence electrons. The molecule has 1 aliphatic heterocycles. The lowest BCUT2D eigenvalue weighted by Gasteiger charge is -2.23. The lowest BCUT2D eigenvalue weighted by molar-refractivity contribution is -0.164. The fraction of sp³-hybridized carbons (Fsp3) is 1.00. The maximum Gasteiger partial charge on any atom is 0.184 e. The number of aliphatic hydroxyl groups excluding tert-OH is 6. The van der Waals surface area contributed by atoms with Crippen LogP contribution in [0.5, 0.6) is 0 Å². The van der Waals surface area contributed by atoms with Crippen LogP contribution in [-0.4, -0.2) is 74.1 Å². The van der Waals surface area contributed by atoms with Crippen LogP contribution in [0.25, 0.3) is 0 Å². The van der Waals surface area contributed by atoms with Crippen molar-refractivity contribution in [3.05, 3.63) is 0 Å². The predicted octanol–water partition coefficient (Wildman–Crippen LogP) is -3.86. The summed E-state index contributed by atoms with van der Waals surface area (Å²) in [5.74, 6) is 0. The van der Waals surface area contributed by atoms with E-state index in [9.17, 15) is 10.2 Å². The van der Waals surface area contributed by atoms with Crippen molar-refractivity contribution in [2.24, 2.45) is 0 Å². The van der Waals surface area contributed by atoms with E-state index in [1.807, 2.05) is 0 Å². The van der Waals surface area contributed by atoms with Crippen LogP contribution in [0.3, 0.4) is 0 Å². The molecule has 1 fully saturated rings. The Bertz CT molecular complexity index is 187. The Hall–Kier alpha value is -0.280. The van der Waals surface area contributed by atoms with E-state index in [0.717, 1.165) is 0 Å². The Morgan fingerprint density at radius 1 is 1.07 bits per heavy atom. The summed E-state index contributed by atoms with van der Waals surface area (Å²) in [6, 6.07) is 0. The van der Waals surface area contributed by atoms with Crippen LogP contribution in [0.15, 0.2) is 0 Å². The molecule has 1 saturated heterocycles. The first-order valence-electron chi connectivity index (χ1n) is 4.15. The van der Waals surface area contributed by atoms with Crippen molar-refractivity contribution in [1.82, 2.24) is 0 Å². The zero-order chi connectivity index (χ0) is 10.9. The second kappa shape index (κ2) is 4.49. The third-order valence-corrected chi connectivity index (χ3v) is 2.19. The zero-order valence-electron chi connectivity index (χ0n) is 7.26. The maximum atomic E-state index is 9.31. The first-order valence-corrected chi connectivity index (χ1v) is 4.15. The van der Waals surface area contributed by atoms with E-state index in [0.29, 0.717) is 0 Å². The molecule has 0 spiro atoms. The van der Waals surface area contributed by atoms with Crippen LogP contribution in [0.4, 0.5) is 0 Å². The van der Waals surface area contributed by atoms with Gasteiger partial charge in [0, 0.05) is 0 Å². The minimum atomic E-state index is -1.60. The van der Waals surface area contributed by atoms with E-state index in [1.165, 1.54) is 0 Å². The summed E-state index contributed by atoms with van der Waals surface area (Å²) in [5.41, 5.74) is 0.